The average molecular weight is 420 g/mol. The van der Waals surface area contributed by atoms with Crippen molar-refractivity contribution >= 4 is 11.8 Å². The molecule has 1 nitrogen and oxygen atoms in total. The summed E-state index contributed by atoms with van der Waals surface area (Å²) in [5.41, 5.74) is 0. The van der Waals surface area contributed by atoms with Crippen molar-refractivity contribution in [1.82, 2.24) is 0 Å². The fourth-order valence-electron chi connectivity index (χ4n) is 4.45. The van der Waals surface area contributed by atoms with Gasteiger partial charge >= 0.3 is 0 Å². The van der Waals surface area contributed by atoms with Gasteiger partial charge < -0.3 is 16.9 Å². The van der Waals surface area contributed by atoms with Crippen LogP contribution in [0.15, 0.2) is 0 Å². The lowest BCUT2D eigenvalue weighted by molar-refractivity contribution is -0.918. The van der Waals surface area contributed by atoms with Gasteiger partial charge in [0, 0.05) is 12.2 Å². The Bertz CT molecular complexity index is 270. The molecule has 1 aliphatic rings. The number of quaternary nitrogens is 1. The molecule has 0 amide bonds. The van der Waals surface area contributed by atoms with E-state index in [0.717, 1.165) is 0 Å². The highest BCUT2D eigenvalue weighted by Gasteiger charge is 2.29. The molecule has 0 N–H and O–H groups in total. The topological polar surface area (TPSA) is 0 Å². The highest BCUT2D eigenvalue weighted by molar-refractivity contribution is 7.99. The van der Waals surface area contributed by atoms with Gasteiger partial charge in [-0.05, 0) is 25.7 Å². The molecule has 27 heavy (non-hydrogen) atoms. The highest BCUT2D eigenvalue weighted by Crippen LogP contribution is 2.25. The van der Waals surface area contributed by atoms with E-state index in [1.165, 1.54) is 145 Å². The Morgan fingerprint density at radius 2 is 1.00 bits per heavy atom. The van der Waals surface area contributed by atoms with E-state index in [2.05, 4.69) is 25.6 Å². The van der Waals surface area contributed by atoms with Gasteiger partial charge in [0.15, 0.2) is 0 Å². The van der Waals surface area contributed by atoms with Crippen LogP contribution in [-0.4, -0.2) is 35.7 Å². The van der Waals surface area contributed by atoms with Crippen molar-refractivity contribution in [2.75, 3.05) is 31.3 Å². The number of hydrogen-bond acceptors (Lipinski definition) is 1. The van der Waals surface area contributed by atoms with E-state index in [0.29, 0.717) is 0 Å². The van der Waals surface area contributed by atoms with Crippen LogP contribution in [0.1, 0.15) is 123 Å². The second kappa shape index (κ2) is 19.9. The summed E-state index contributed by atoms with van der Waals surface area (Å²) in [6.45, 7) is 9.04. The maximum atomic E-state index is 2.31. The minimum atomic E-state index is 0. The summed E-state index contributed by atoms with van der Waals surface area (Å²) in [7, 11) is 0. The molecule has 1 heterocycles. The van der Waals surface area contributed by atoms with Crippen molar-refractivity contribution in [1.29, 1.82) is 0 Å². The first kappa shape index (κ1) is 27.6. The first-order chi connectivity index (χ1) is 12.8. The fraction of sp³-hybridized carbons (Fsp3) is 1.00. The van der Waals surface area contributed by atoms with E-state index < -0.39 is 0 Å². The van der Waals surface area contributed by atoms with E-state index in [1.807, 2.05) is 0 Å². The summed E-state index contributed by atoms with van der Waals surface area (Å²) in [6.07, 6.45) is 24.8. The molecule has 0 radical (unpaired) electrons. The summed E-state index contributed by atoms with van der Waals surface area (Å²) in [5.74, 6) is 2.82. The van der Waals surface area contributed by atoms with Gasteiger partial charge in [0.1, 0.15) is 5.88 Å². The first-order valence-corrected chi connectivity index (χ1v) is 13.4. The van der Waals surface area contributed by atoms with Gasteiger partial charge in [-0.25, -0.2) is 0 Å². The molecule has 0 atom stereocenters. The third-order valence-corrected chi connectivity index (χ3v) is 7.57. The lowest BCUT2D eigenvalue weighted by Gasteiger charge is -2.41. The van der Waals surface area contributed by atoms with Crippen LogP contribution in [0, 0.1) is 0 Å². The maximum Gasteiger partial charge on any atom is 0.125 e. The Morgan fingerprint density at radius 1 is 0.593 bits per heavy atom. The number of thioether (sulfide) groups is 1. The van der Waals surface area contributed by atoms with E-state index in [-0.39, 0.29) is 12.4 Å². The van der Waals surface area contributed by atoms with Crippen molar-refractivity contribution in [2.45, 2.75) is 123 Å². The standard InChI is InChI=1S/C24H50NS.ClH/c1-3-5-7-9-11-13-15-17-20-25(22-19-23-26-24-25)21-18-16-14-12-10-8-6-4-2;/h3-24H2,1-2H3;1H/q+1;/p-1. The molecular formula is C24H50ClNS. The van der Waals surface area contributed by atoms with Gasteiger partial charge in [-0.15, -0.1) is 11.8 Å². The molecule has 0 spiro atoms. The van der Waals surface area contributed by atoms with Gasteiger partial charge in [-0.2, -0.15) is 0 Å². The molecule has 0 saturated carbocycles. The summed E-state index contributed by atoms with van der Waals surface area (Å²) in [5, 5.41) is 0. The van der Waals surface area contributed by atoms with Crippen molar-refractivity contribution in [3.63, 3.8) is 0 Å². The lowest BCUT2D eigenvalue weighted by Crippen LogP contribution is -3.00. The highest BCUT2D eigenvalue weighted by atomic mass is 35.5. The molecule has 1 saturated heterocycles. The first-order valence-electron chi connectivity index (χ1n) is 12.3. The average Bonchev–Trinajstić information content (AvgIpc) is 2.67. The molecule has 164 valence electrons. The third kappa shape index (κ3) is 15.1. The number of nitrogens with zero attached hydrogens (tertiary/aromatic N) is 1. The molecule has 1 aliphatic heterocycles. The molecule has 1 rings (SSSR count). The van der Waals surface area contributed by atoms with Crippen LogP contribution in [0.3, 0.4) is 0 Å². The zero-order valence-electron chi connectivity index (χ0n) is 18.8. The fourth-order valence-corrected chi connectivity index (χ4v) is 5.69. The summed E-state index contributed by atoms with van der Waals surface area (Å²) in [4.78, 5) is 0. The maximum absolute atomic E-state index is 2.31. The monoisotopic (exact) mass is 419 g/mol. The number of halogens is 1. The molecule has 0 bridgehead atoms. The smallest absolute Gasteiger partial charge is 0.125 e. The number of unbranched alkanes of at least 4 members (excludes halogenated alkanes) is 14. The second-order valence-corrected chi connectivity index (χ2v) is 9.93. The molecule has 0 aromatic carbocycles. The molecule has 3 heteroatoms. The molecule has 1 fully saturated rings. The zero-order chi connectivity index (χ0) is 18.8. The SMILES string of the molecule is CCCCCCCCCC[N+]1(CCCCCCCCCC)CCCSC1.[Cl-]. The van der Waals surface area contributed by atoms with Crippen LogP contribution in [0.2, 0.25) is 0 Å². The van der Waals surface area contributed by atoms with E-state index in [9.17, 15) is 0 Å². The quantitative estimate of drug-likeness (QED) is 0.218. The lowest BCUT2D eigenvalue weighted by atomic mass is 10.1. The van der Waals surface area contributed by atoms with E-state index in [4.69, 9.17) is 0 Å². The minimum Gasteiger partial charge on any atom is -1.00 e. The Hall–Kier alpha value is 0.600. The van der Waals surface area contributed by atoms with Crippen molar-refractivity contribution in [3.05, 3.63) is 0 Å². The van der Waals surface area contributed by atoms with Crippen LogP contribution in [0.25, 0.3) is 0 Å². The minimum absolute atomic E-state index is 0. The predicted molar refractivity (Wildman–Crippen MR) is 122 cm³/mol. The van der Waals surface area contributed by atoms with E-state index >= 15 is 0 Å². The molecule has 0 aliphatic carbocycles. The second-order valence-electron chi connectivity index (χ2n) is 8.85. The number of hydrogen-bond donors (Lipinski definition) is 0. The Labute approximate surface area is 182 Å². The summed E-state index contributed by atoms with van der Waals surface area (Å²) < 4.78 is 1.45. The Kier molecular flexibility index (Phi) is 20.3. The summed E-state index contributed by atoms with van der Waals surface area (Å²) in [6, 6.07) is 0. The van der Waals surface area contributed by atoms with Crippen molar-refractivity contribution in [3.8, 4) is 0 Å². The van der Waals surface area contributed by atoms with Gasteiger partial charge in [0.25, 0.3) is 0 Å². The van der Waals surface area contributed by atoms with Crippen molar-refractivity contribution < 1.29 is 16.9 Å². The third-order valence-electron chi connectivity index (χ3n) is 6.26. The molecular weight excluding hydrogens is 370 g/mol. The largest absolute Gasteiger partial charge is 1.00 e. The van der Waals surface area contributed by atoms with Gasteiger partial charge in [0.05, 0.1) is 19.6 Å². The predicted octanol–water partition coefficient (Wildman–Crippen LogP) is 5.18. The Morgan fingerprint density at radius 3 is 1.37 bits per heavy atom. The van der Waals surface area contributed by atoms with Crippen LogP contribution < -0.4 is 12.4 Å². The van der Waals surface area contributed by atoms with Crippen LogP contribution >= 0.6 is 11.8 Å². The summed E-state index contributed by atoms with van der Waals surface area (Å²) >= 11 is 2.23. The zero-order valence-corrected chi connectivity index (χ0v) is 20.4. The molecule has 0 unspecified atom stereocenters. The molecule has 0 aromatic rings. The molecule has 0 aromatic heterocycles. The van der Waals surface area contributed by atoms with Crippen LogP contribution in [-0.2, 0) is 0 Å². The van der Waals surface area contributed by atoms with Crippen molar-refractivity contribution in [2.24, 2.45) is 0 Å². The van der Waals surface area contributed by atoms with Gasteiger partial charge in [-0.1, -0.05) is 90.9 Å². The van der Waals surface area contributed by atoms with E-state index in [1.54, 1.807) is 0 Å². The van der Waals surface area contributed by atoms with Crippen LogP contribution in [0.4, 0.5) is 0 Å². The Balaban J connectivity index is 0.00000676. The van der Waals surface area contributed by atoms with Gasteiger partial charge in [-0.3, -0.25) is 0 Å². The normalized spacial score (nSPS) is 16.2. The van der Waals surface area contributed by atoms with Gasteiger partial charge in [0.2, 0.25) is 0 Å². The number of rotatable bonds is 18. The van der Waals surface area contributed by atoms with Crippen LogP contribution in [0.5, 0.6) is 0 Å².